The van der Waals surface area contributed by atoms with E-state index in [2.05, 4.69) is 30.7 Å². The van der Waals surface area contributed by atoms with Gasteiger partial charge in [-0.3, -0.25) is 4.79 Å². The average Bonchev–Trinajstić information content (AvgIpc) is 2.46. The van der Waals surface area contributed by atoms with Crippen molar-refractivity contribution in [2.45, 2.75) is 45.6 Å². The van der Waals surface area contributed by atoms with Gasteiger partial charge in [-0.15, -0.1) is 0 Å². The van der Waals surface area contributed by atoms with Gasteiger partial charge < -0.3 is 10.6 Å². The Morgan fingerprint density at radius 2 is 1.86 bits per heavy atom. The minimum atomic E-state index is 0.0165. The number of nitrogens with one attached hydrogen (secondary N) is 2. The van der Waals surface area contributed by atoms with E-state index < -0.39 is 0 Å². The second kappa shape index (κ2) is 10.6. The Morgan fingerprint density at radius 3 is 2.57 bits per heavy atom. The second-order valence-electron chi connectivity index (χ2n) is 5.51. The van der Waals surface area contributed by atoms with Crippen LogP contribution in [0.2, 0.25) is 0 Å². The van der Waals surface area contributed by atoms with Crippen molar-refractivity contribution < 1.29 is 4.79 Å². The van der Waals surface area contributed by atoms with E-state index in [-0.39, 0.29) is 5.91 Å². The predicted octanol–water partition coefficient (Wildman–Crippen LogP) is 4.16. The first-order chi connectivity index (χ1) is 10.1. The Hall–Kier alpha value is -1.16. The van der Waals surface area contributed by atoms with Gasteiger partial charge in [0.05, 0.1) is 5.56 Å². The van der Waals surface area contributed by atoms with Gasteiger partial charge in [0.15, 0.2) is 0 Å². The van der Waals surface area contributed by atoms with Crippen LogP contribution in [-0.2, 0) is 0 Å². The molecule has 2 N–H and O–H groups in total. The lowest BCUT2D eigenvalue weighted by Crippen LogP contribution is -2.26. The normalized spacial score (nSPS) is 10.7. The molecule has 0 saturated heterocycles. The lowest BCUT2D eigenvalue weighted by atomic mass is 10.1. The van der Waals surface area contributed by atoms with Gasteiger partial charge >= 0.3 is 0 Å². The summed E-state index contributed by atoms with van der Waals surface area (Å²) in [5.74, 6) is 1.25. The Labute approximate surface area is 133 Å². The van der Waals surface area contributed by atoms with Crippen molar-refractivity contribution in [1.29, 1.82) is 0 Å². The molecular formula is C17H28N2OS. The van der Waals surface area contributed by atoms with E-state index in [1.54, 1.807) is 0 Å². The molecule has 0 bridgehead atoms. The van der Waals surface area contributed by atoms with Crippen LogP contribution in [0.1, 0.15) is 49.9 Å². The van der Waals surface area contributed by atoms with Crippen molar-refractivity contribution in [1.82, 2.24) is 5.32 Å². The third-order valence-electron chi connectivity index (χ3n) is 3.18. The van der Waals surface area contributed by atoms with Gasteiger partial charge in [-0.05, 0) is 50.8 Å². The van der Waals surface area contributed by atoms with Gasteiger partial charge in [0.2, 0.25) is 0 Å². The quantitative estimate of drug-likeness (QED) is 0.638. The topological polar surface area (TPSA) is 41.1 Å². The zero-order valence-electron chi connectivity index (χ0n) is 13.4. The summed E-state index contributed by atoms with van der Waals surface area (Å²) in [5, 5.41) is 6.34. The van der Waals surface area contributed by atoms with Gasteiger partial charge in [-0.2, -0.15) is 11.8 Å². The van der Waals surface area contributed by atoms with Crippen molar-refractivity contribution in [2.75, 3.05) is 23.9 Å². The largest absolute Gasteiger partial charge is 0.382 e. The number of benzene rings is 1. The minimum absolute atomic E-state index is 0.0165. The zero-order chi connectivity index (χ0) is 15.5. The summed E-state index contributed by atoms with van der Waals surface area (Å²) in [5.41, 5.74) is 1.64. The number of rotatable bonds is 10. The fraction of sp³-hybridized carbons (Fsp3) is 0.588. The molecule has 0 spiro atoms. The van der Waals surface area contributed by atoms with Crippen LogP contribution in [0.4, 0.5) is 5.69 Å². The van der Waals surface area contributed by atoms with Gasteiger partial charge in [0, 0.05) is 18.3 Å². The molecule has 0 fully saturated rings. The van der Waals surface area contributed by atoms with E-state index in [0.29, 0.717) is 6.04 Å². The highest BCUT2D eigenvalue weighted by Crippen LogP contribution is 2.16. The lowest BCUT2D eigenvalue weighted by molar-refractivity contribution is 0.0953. The Morgan fingerprint density at radius 1 is 1.14 bits per heavy atom. The molecule has 0 heterocycles. The number of carbonyl (C=O) groups excluding carboxylic acids is 1. The fourth-order valence-corrected chi connectivity index (χ4v) is 2.63. The smallest absolute Gasteiger partial charge is 0.253 e. The van der Waals surface area contributed by atoms with Crippen molar-refractivity contribution in [3.63, 3.8) is 0 Å². The highest BCUT2D eigenvalue weighted by atomic mass is 32.2. The number of hydrogen-bond acceptors (Lipinski definition) is 3. The maximum absolute atomic E-state index is 12.2. The standard InChI is InChI=1S/C17H28N2OS/c1-14(2)19-16-11-7-6-10-15(16)17(20)18-12-8-4-5-9-13-21-3/h6-7,10-11,14,19H,4-5,8-9,12-13H2,1-3H3,(H,18,20). The number of anilines is 1. The molecule has 0 atom stereocenters. The molecule has 0 aromatic heterocycles. The van der Waals surface area contributed by atoms with Gasteiger partial charge in [0.1, 0.15) is 0 Å². The number of amides is 1. The van der Waals surface area contributed by atoms with Gasteiger partial charge in [0.25, 0.3) is 5.91 Å². The minimum Gasteiger partial charge on any atom is -0.382 e. The third-order valence-corrected chi connectivity index (χ3v) is 3.87. The molecule has 0 saturated carbocycles. The molecule has 3 nitrogen and oxygen atoms in total. The van der Waals surface area contributed by atoms with Crippen LogP contribution in [0.3, 0.4) is 0 Å². The highest BCUT2D eigenvalue weighted by molar-refractivity contribution is 7.98. The molecule has 4 heteroatoms. The molecule has 1 amide bonds. The van der Waals surface area contributed by atoms with E-state index in [1.807, 2.05) is 36.0 Å². The van der Waals surface area contributed by atoms with Crippen LogP contribution >= 0.6 is 11.8 Å². The predicted molar refractivity (Wildman–Crippen MR) is 94.4 cm³/mol. The van der Waals surface area contributed by atoms with Crippen LogP contribution in [0.5, 0.6) is 0 Å². The Bertz CT molecular complexity index is 421. The molecular weight excluding hydrogens is 280 g/mol. The second-order valence-corrected chi connectivity index (χ2v) is 6.49. The molecule has 21 heavy (non-hydrogen) atoms. The maximum atomic E-state index is 12.2. The van der Waals surface area contributed by atoms with Crippen molar-refractivity contribution in [3.8, 4) is 0 Å². The van der Waals surface area contributed by atoms with Gasteiger partial charge in [-0.1, -0.05) is 25.0 Å². The van der Waals surface area contributed by atoms with E-state index >= 15 is 0 Å². The lowest BCUT2D eigenvalue weighted by Gasteiger charge is -2.14. The summed E-state index contributed by atoms with van der Waals surface area (Å²) in [7, 11) is 0. The summed E-state index contributed by atoms with van der Waals surface area (Å²) in [4.78, 5) is 12.2. The van der Waals surface area contributed by atoms with E-state index in [4.69, 9.17) is 0 Å². The molecule has 0 aliphatic carbocycles. The summed E-state index contributed by atoms with van der Waals surface area (Å²) in [6.45, 7) is 4.90. The van der Waals surface area contributed by atoms with Crippen LogP contribution in [-0.4, -0.2) is 30.5 Å². The van der Waals surface area contributed by atoms with Crippen molar-refractivity contribution in [2.24, 2.45) is 0 Å². The SMILES string of the molecule is CSCCCCCCNC(=O)c1ccccc1NC(C)C. The van der Waals surface area contributed by atoms with Crippen molar-refractivity contribution in [3.05, 3.63) is 29.8 Å². The molecule has 0 aliphatic heterocycles. The molecule has 0 unspecified atom stereocenters. The number of para-hydroxylation sites is 1. The summed E-state index contributed by atoms with van der Waals surface area (Å²) < 4.78 is 0. The maximum Gasteiger partial charge on any atom is 0.253 e. The number of thioether (sulfide) groups is 1. The van der Waals surface area contributed by atoms with Crippen LogP contribution in [0.25, 0.3) is 0 Å². The number of hydrogen-bond donors (Lipinski definition) is 2. The Kier molecular flexibility index (Phi) is 8.99. The first kappa shape index (κ1) is 17.9. The van der Waals surface area contributed by atoms with Crippen molar-refractivity contribution >= 4 is 23.4 Å². The average molecular weight is 308 g/mol. The summed E-state index contributed by atoms with van der Waals surface area (Å²) >= 11 is 1.90. The Balaban J connectivity index is 2.35. The fourth-order valence-electron chi connectivity index (χ4n) is 2.14. The van der Waals surface area contributed by atoms with E-state index in [9.17, 15) is 4.79 Å². The number of carbonyl (C=O) groups is 1. The third kappa shape index (κ3) is 7.42. The molecule has 1 aromatic carbocycles. The molecule has 0 radical (unpaired) electrons. The van der Waals surface area contributed by atoms with E-state index in [1.165, 1.54) is 25.0 Å². The summed E-state index contributed by atoms with van der Waals surface area (Å²) in [6.07, 6.45) is 6.91. The highest BCUT2D eigenvalue weighted by Gasteiger charge is 2.10. The van der Waals surface area contributed by atoms with Crippen LogP contribution in [0, 0.1) is 0 Å². The number of unbranched alkanes of at least 4 members (excludes halogenated alkanes) is 3. The summed E-state index contributed by atoms with van der Waals surface area (Å²) in [6, 6.07) is 8.00. The van der Waals surface area contributed by atoms with E-state index in [0.717, 1.165) is 24.2 Å². The molecule has 1 aromatic rings. The zero-order valence-corrected chi connectivity index (χ0v) is 14.3. The molecule has 118 valence electrons. The molecule has 0 aliphatic rings. The van der Waals surface area contributed by atoms with Crippen LogP contribution < -0.4 is 10.6 Å². The molecule has 1 rings (SSSR count). The van der Waals surface area contributed by atoms with Crippen LogP contribution in [0.15, 0.2) is 24.3 Å². The first-order valence-electron chi connectivity index (χ1n) is 7.78. The van der Waals surface area contributed by atoms with Gasteiger partial charge in [-0.25, -0.2) is 0 Å². The first-order valence-corrected chi connectivity index (χ1v) is 9.17. The monoisotopic (exact) mass is 308 g/mol.